The normalized spacial score (nSPS) is 11.8. The lowest BCUT2D eigenvalue weighted by molar-refractivity contribution is 0.222. The Morgan fingerprint density at radius 2 is 1.88 bits per heavy atom. The van der Waals surface area contributed by atoms with Gasteiger partial charge in [0.2, 0.25) is 0 Å². The second-order valence-corrected chi connectivity index (χ2v) is 7.74. The number of benzene rings is 2. The molecule has 1 atom stereocenters. The van der Waals surface area contributed by atoms with E-state index < -0.39 is 0 Å². The summed E-state index contributed by atoms with van der Waals surface area (Å²) in [6, 6.07) is 19.7. The summed E-state index contributed by atoms with van der Waals surface area (Å²) in [5.74, 6) is 1.95. The lowest BCUT2D eigenvalue weighted by Crippen LogP contribution is -2.42. The van der Waals surface area contributed by atoms with Crippen molar-refractivity contribution in [2.45, 2.75) is 32.8 Å². The van der Waals surface area contributed by atoms with Crippen LogP contribution >= 0.6 is 24.0 Å². The molecule has 180 valence electrons. The zero-order valence-corrected chi connectivity index (χ0v) is 22.1. The predicted molar refractivity (Wildman–Crippen MR) is 147 cm³/mol. The maximum atomic E-state index is 9.55. The SMILES string of the molecule is CN=C(NCCCc1nn(-c2ccccc2)c(N)c1C#N)NCC(C)Oc1ccccc1C.I. The first-order valence-corrected chi connectivity index (χ1v) is 11.0. The van der Waals surface area contributed by atoms with Crippen LogP contribution in [0.2, 0.25) is 0 Å². The van der Waals surface area contributed by atoms with E-state index in [0.29, 0.717) is 42.5 Å². The quantitative estimate of drug-likeness (QED) is 0.155. The van der Waals surface area contributed by atoms with E-state index in [2.05, 4.69) is 26.8 Å². The molecule has 2 aromatic carbocycles. The average Bonchev–Trinajstić information content (AvgIpc) is 3.15. The first-order chi connectivity index (χ1) is 16.0. The average molecular weight is 573 g/mol. The highest BCUT2D eigenvalue weighted by atomic mass is 127. The van der Waals surface area contributed by atoms with Crippen molar-refractivity contribution in [1.29, 1.82) is 5.26 Å². The third-order valence-electron chi connectivity index (χ3n) is 5.19. The molecule has 34 heavy (non-hydrogen) atoms. The summed E-state index contributed by atoms with van der Waals surface area (Å²) in [6.45, 7) is 5.34. The summed E-state index contributed by atoms with van der Waals surface area (Å²) in [4.78, 5) is 4.27. The zero-order valence-electron chi connectivity index (χ0n) is 19.8. The van der Waals surface area contributed by atoms with Crippen LogP contribution in [-0.2, 0) is 6.42 Å². The number of ether oxygens (including phenoxy) is 1. The maximum absolute atomic E-state index is 9.55. The molecule has 4 N–H and O–H groups in total. The maximum Gasteiger partial charge on any atom is 0.191 e. The smallest absolute Gasteiger partial charge is 0.191 e. The molecule has 0 amide bonds. The molecule has 0 saturated carbocycles. The summed E-state index contributed by atoms with van der Waals surface area (Å²) < 4.78 is 7.62. The van der Waals surface area contributed by atoms with Crippen LogP contribution in [0.5, 0.6) is 5.75 Å². The molecule has 3 rings (SSSR count). The molecular formula is C25H32IN7O. The Morgan fingerprint density at radius 3 is 2.56 bits per heavy atom. The van der Waals surface area contributed by atoms with E-state index in [1.807, 2.05) is 68.4 Å². The minimum absolute atomic E-state index is 0. The largest absolute Gasteiger partial charge is 0.489 e. The molecule has 1 aromatic heterocycles. The number of hydrogen-bond donors (Lipinski definition) is 3. The number of halogens is 1. The van der Waals surface area contributed by atoms with E-state index in [0.717, 1.165) is 23.4 Å². The van der Waals surface area contributed by atoms with Gasteiger partial charge in [0.1, 0.15) is 29.3 Å². The van der Waals surface area contributed by atoms with Crippen molar-refractivity contribution in [3.63, 3.8) is 0 Å². The van der Waals surface area contributed by atoms with Crippen molar-refractivity contribution >= 4 is 35.8 Å². The summed E-state index contributed by atoms with van der Waals surface area (Å²) in [5.41, 5.74) is 9.25. The van der Waals surface area contributed by atoms with E-state index >= 15 is 0 Å². The number of guanidine groups is 1. The second-order valence-electron chi connectivity index (χ2n) is 7.74. The standard InChI is InChI=1S/C25H31N7O.HI/c1-18-10-7-8-14-23(18)33-19(2)17-30-25(28-3)29-15-9-13-22-21(16-26)24(27)32(31-22)20-11-5-4-6-12-20;/h4-8,10-12,14,19H,9,13,15,17,27H2,1-3H3,(H2,28,29,30);1H. The summed E-state index contributed by atoms with van der Waals surface area (Å²) in [5, 5.41) is 20.7. The van der Waals surface area contributed by atoms with Gasteiger partial charge in [0.05, 0.1) is 17.9 Å². The Hall–Kier alpha value is -3.26. The molecule has 0 aliphatic heterocycles. The van der Waals surface area contributed by atoms with Crippen molar-refractivity contribution in [2.75, 3.05) is 25.9 Å². The second kappa shape index (κ2) is 13.4. The topological polar surface area (TPSA) is 113 Å². The number of nitrogens with two attached hydrogens (primary N) is 1. The highest BCUT2D eigenvalue weighted by molar-refractivity contribution is 14.0. The fraction of sp³-hybridized carbons (Fsp3) is 0.320. The third kappa shape index (κ3) is 7.12. The van der Waals surface area contributed by atoms with Gasteiger partial charge in [0.15, 0.2) is 5.96 Å². The number of nitrogens with one attached hydrogen (secondary N) is 2. The molecule has 3 aromatic rings. The summed E-state index contributed by atoms with van der Waals surface area (Å²) in [6.07, 6.45) is 1.38. The van der Waals surface area contributed by atoms with Crippen LogP contribution < -0.4 is 21.1 Å². The van der Waals surface area contributed by atoms with Gasteiger partial charge in [0, 0.05) is 13.6 Å². The number of nitrogens with zero attached hydrogens (tertiary/aromatic N) is 4. The number of aromatic nitrogens is 2. The summed E-state index contributed by atoms with van der Waals surface area (Å²) in [7, 11) is 1.73. The van der Waals surface area contributed by atoms with Crippen LogP contribution in [-0.4, -0.2) is 42.0 Å². The fourth-order valence-corrected chi connectivity index (χ4v) is 3.41. The van der Waals surface area contributed by atoms with Gasteiger partial charge in [-0.3, -0.25) is 4.99 Å². The molecule has 0 aliphatic carbocycles. The number of nitriles is 1. The monoisotopic (exact) mass is 573 g/mol. The van der Waals surface area contributed by atoms with Gasteiger partial charge in [-0.1, -0.05) is 36.4 Å². The lowest BCUT2D eigenvalue weighted by Gasteiger charge is -2.18. The Kier molecular flexibility index (Phi) is 10.7. The van der Waals surface area contributed by atoms with Gasteiger partial charge < -0.3 is 21.1 Å². The Bertz CT molecular complexity index is 1120. The van der Waals surface area contributed by atoms with Crippen molar-refractivity contribution in [2.24, 2.45) is 4.99 Å². The molecule has 0 spiro atoms. The van der Waals surface area contributed by atoms with Crippen molar-refractivity contribution < 1.29 is 4.74 Å². The highest BCUT2D eigenvalue weighted by Crippen LogP contribution is 2.21. The summed E-state index contributed by atoms with van der Waals surface area (Å²) >= 11 is 0. The zero-order chi connectivity index (χ0) is 23.6. The number of para-hydroxylation sites is 2. The number of nitrogen functional groups attached to an aromatic ring is 1. The Labute approximate surface area is 218 Å². The molecule has 0 aliphatic rings. The van der Waals surface area contributed by atoms with E-state index in [-0.39, 0.29) is 30.1 Å². The molecule has 9 heteroatoms. The van der Waals surface area contributed by atoms with E-state index in [1.54, 1.807) is 11.7 Å². The van der Waals surface area contributed by atoms with Crippen LogP contribution in [0.1, 0.15) is 30.2 Å². The number of aryl methyl sites for hydroxylation is 2. The van der Waals surface area contributed by atoms with Crippen LogP contribution in [0.25, 0.3) is 5.69 Å². The van der Waals surface area contributed by atoms with Crippen molar-refractivity contribution in [3.8, 4) is 17.5 Å². The van der Waals surface area contributed by atoms with E-state index in [4.69, 9.17) is 10.5 Å². The van der Waals surface area contributed by atoms with Crippen LogP contribution in [0, 0.1) is 18.3 Å². The predicted octanol–water partition coefficient (Wildman–Crippen LogP) is 3.82. The molecule has 0 radical (unpaired) electrons. The van der Waals surface area contributed by atoms with Gasteiger partial charge in [-0.15, -0.1) is 24.0 Å². The van der Waals surface area contributed by atoms with E-state index in [1.165, 1.54) is 0 Å². The van der Waals surface area contributed by atoms with Gasteiger partial charge in [0.25, 0.3) is 0 Å². The molecule has 8 nitrogen and oxygen atoms in total. The number of anilines is 1. The molecular weight excluding hydrogens is 541 g/mol. The minimum Gasteiger partial charge on any atom is -0.489 e. The highest BCUT2D eigenvalue weighted by Gasteiger charge is 2.16. The number of rotatable bonds is 9. The van der Waals surface area contributed by atoms with Gasteiger partial charge in [-0.2, -0.15) is 10.4 Å². The van der Waals surface area contributed by atoms with E-state index in [9.17, 15) is 5.26 Å². The number of hydrogen-bond acceptors (Lipinski definition) is 5. The lowest BCUT2D eigenvalue weighted by atomic mass is 10.1. The molecule has 1 unspecified atom stereocenters. The Morgan fingerprint density at radius 1 is 1.18 bits per heavy atom. The molecule has 0 bridgehead atoms. The van der Waals surface area contributed by atoms with Gasteiger partial charge in [-0.05, 0) is 50.5 Å². The first kappa shape index (κ1) is 27.0. The van der Waals surface area contributed by atoms with Gasteiger partial charge in [-0.25, -0.2) is 4.68 Å². The van der Waals surface area contributed by atoms with Crippen LogP contribution in [0.3, 0.4) is 0 Å². The first-order valence-electron chi connectivity index (χ1n) is 11.0. The van der Waals surface area contributed by atoms with Crippen LogP contribution in [0.4, 0.5) is 5.82 Å². The van der Waals surface area contributed by atoms with Crippen molar-refractivity contribution in [1.82, 2.24) is 20.4 Å². The molecule has 1 heterocycles. The Balaban J connectivity index is 0.00000408. The van der Waals surface area contributed by atoms with Gasteiger partial charge >= 0.3 is 0 Å². The van der Waals surface area contributed by atoms with Crippen LogP contribution in [0.15, 0.2) is 59.6 Å². The number of aliphatic imine (C=N–C) groups is 1. The molecule has 0 fully saturated rings. The third-order valence-corrected chi connectivity index (χ3v) is 5.19. The molecule has 0 saturated heterocycles. The van der Waals surface area contributed by atoms with Crippen molar-refractivity contribution in [3.05, 3.63) is 71.4 Å². The fourth-order valence-electron chi connectivity index (χ4n) is 3.41. The minimum atomic E-state index is -0.0206.